The van der Waals surface area contributed by atoms with Crippen molar-refractivity contribution in [3.8, 4) is 17.2 Å². The molecule has 0 atom stereocenters. The minimum absolute atomic E-state index is 0.0820. The van der Waals surface area contributed by atoms with Crippen LogP contribution in [0.5, 0.6) is 11.5 Å². The topological polar surface area (TPSA) is 86.1 Å². The number of aromatic nitrogens is 3. The Balaban J connectivity index is 1.41. The molecule has 0 aliphatic heterocycles. The number of hydrogen-bond acceptors (Lipinski definition) is 5. The second kappa shape index (κ2) is 10.5. The lowest BCUT2D eigenvalue weighted by Crippen LogP contribution is -2.31. The summed E-state index contributed by atoms with van der Waals surface area (Å²) in [5.74, 6) is -1.65. The molecule has 0 aliphatic rings. The summed E-state index contributed by atoms with van der Waals surface area (Å²) in [4.78, 5) is 35.2. The van der Waals surface area contributed by atoms with E-state index in [1.165, 1.54) is 47.2 Å². The summed E-state index contributed by atoms with van der Waals surface area (Å²) in [5, 5.41) is 2.59. The molecule has 5 aromatic rings. The molecule has 0 radical (unpaired) electrons. The number of aryl methyl sites for hydroxylation is 2. The van der Waals surface area contributed by atoms with Crippen molar-refractivity contribution < 1.29 is 18.3 Å². The van der Waals surface area contributed by atoms with Crippen LogP contribution in [0.3, 0.4) is 0 Å². The van der Waals surface area contributed by atoms with Crippen LogP contribution in [0.1, 0.15) is 34.1 Å². The summed E-state index contributed by atoms with van der Waals surface area (Å²) >= 11 is 0. The van der Waals surface area contributed by atoms with Gasteiger partial charge < -0.3 is 10.1 Å². The third kappa shape index (κ3) is 5.09. The van der Waals surface area contributed by atoms with Crippen molar-refractivity contribution in [1.82, 2.24) is 14.5 Å². The van der Waals surface area contributed by atoms with Crippen LogP contribution in [0.2, 0.25) is 0 Å². The number of rotatable bonds is 6. The first-order valence-corrected chi connectivity index (χ1v) is 12.3. The highest BCUT2D eigenvalue weighted by Gasteiger charge is 2.20. The van der Waals surface area contributed by atoms with Gasteiger partial charge in [0.15, 0.2) is 17.3 Å². The lowest BCUT2D eigenvalue weighted by Gasteiger charge is -2.15. The van der Waals surface area contributed by atoms with Crippen molar-refractivity contribution in [2.75, 3.05) is 5.32 Å². The molecule has 0 saturated heterocycles. The highest BCUT2D eigenvalue weighted by atomic mass is 19.1. The Morgan fingerprint density at radius 2 is 1.73 bits per heavy atom. The average molecular weight is 539 g/mol. The zero-order chi connectivity index (χ0) is 28.6. The minimum Gasteiger partial charge on any atom is -0.452 e. The van der Waals surface area contributed by atoms with Crippen molar-refractivity contribution in [2.45, 2.75) is 20.8 Å². The molecule has 3 heterocycles. The maximum absolute atomic E-state index is 15.1. The number of anilines is 1. The lowest BCUT2D eigenvalue weighted by molar-refractivity contribution is 0.102. The van der Waals surface area contributed by atoms with E-state index in [9.17, 15) is 14.0 Å². The van der Waals surface area contributed by atoms with Gasteiger partial charge in [0, 0.05) is 41.6 Å². The standard InChI is InChI=1S/C31H24F2N4O3/c1-17(2)20-14-25-29(35-16-20)27(11-12-34-25)40-26-10-7-22(15-24(26)33)36-30(38)28-18(3)13-19(4)37(31(28)39)23-8-5-21(32)6-9-23/h5-16H,1H2,2-4H3,(H,36,38). The molecule has 5 rings (SSSR count). The van der Waals surface area contributed by atoms with Crippen LogP contribution in [0.4, 0.5) is 14.5 Å². The molecule has 7 nitrogen and oxygen atoms in total. The highest BCUT2D eigenvalue weighted by molar-refractivity contribution is 6.05. The number of benzene rings is 2. The van der Waals surface area contributed by atoms with Gasteiger partial charge in [0.1, 0.15) is 16.9 Å². The molecular formula is C31H24F2N4O3. The molecule has 0 fully saturated rings. The molecule has 200 valence electrons. The number of nitrogens with zero attached hydrogens (tertiary/aromatic N) is 3. The van der Waals surface area contributed by atoms with Gasteiger partial charge in [-0.25, -0.2) is 8.78 Å². The van der Waals surface area contributed by atoms with Gasteiger partial charge in [0.2, 0.25) is 0 Å². The van der Waals surface area contributed by atoms with E-state index in [1.54, 1.807) is 32.2 Å². The zero-order valence-corrected chi connectivity index (χ0v) is 22.0. The molecule has 3 aromatic heterocycles. The van der Waals surface area contributed by atoms with Crippen LogP contribution in [-0.2, 0) is 0 Å². The van der Waals surface area contributed by atoms with Gasteiger partial charge in [-0.05, 0) is 86.0 Å². The summed E-state index contributed by atoms with van der Waals surface area (Å²) in [6, 6.07) is 14.4. The first kappa shape index (κ1) is 26.4. The first-order chi connectivity index (χ1) is 19.1. The predicted molar refractivity (Wildman–Crippen MR) is 150 cm³/mol. The molecule has 2 aromatic carbocycles. The van der Waals surface area contributed by atoms with Gasteiger partial charge >= 0.3 is 0 Å². The average Bonchev–Trinajstić information content (AvgIpc) is 2.90. The van der Waals surface area contributed by atoms with E-state index in [0.29, 0.717) is 33.7 Å². The number of hydrogen-bond donors (Lipinski definition) is 1. The van der Waals surface area contributed by atoms with Crippen molar-refractivity contribution in [2.24, 2.45) is 0 Å². The highest BCUT2D eigenvalue weighted by Crippen LogP contribution is 2.31. The van der Waals surface area contributed by atoms with Gasteiger partial charge in [-0.3, -0.25) is 24.1 Å². The number of carbonyl (C=O) groups is 1. The van der Waals surface area contributed by atoms with Crippen LogP contribution in [0, 0.1) is 25.5 Å². The van der Waals surface area contributed by atoms with E-state index in [0.717, 1.165) is 17.2 Å². The van der Waals surface area contributed by atoms with E-state index in [-0.39, 0.29) is 17.0 Å². The van der Waals surface area contributed by atoms with Gasteiger partial charge in [-0.1, -0.05) is 6.58 Å². The third-order valence-electron chi connectivity index (χ3n) is 6.34. The van der Waals surface area contributed by atoms with E-state index >= 15 is 4.39 Å². The second-order valence-electron chi connectivity index (χ2n) is 9.34. The normalized spacial score (nSPS) is 10.9. The molecule has 9 heteroatoms. The molecule has 0 bridgehead atoms. The fourth-order valence-corrected chi connectivity index (χ4v) is 4.37. The quantitative estimate of drug-likeness (QED) is 0.258. The second-order valence-corrected chi connectivity index (χ2v) is 9.34. The van der Waals surface area contributed by atoms with Crippen molar-refractivity contribution in [3.05, 3.63) is 124 Å². The molecule has 1 amide bonds. The smallest absolute Gasteiger partial charge is 0.268 e. The van der Waals surface area contributed by atoms with Gasteiger partial charge in [0.05, 0.1) is 5.52 Å². The fraction of sp³-hybridized carbons (Fsp3) is 0.0968. The predicted octanol–water partition coefficient (Wildman–Crippen LogP) is 6.75. The van der Waals surface area contributed by atoms with Crippen LogP contribution in [-0.4, -0.2) is 20.4 Å². The molecule has 1 N–H and O–H groups in total. The maximum Gasteiger partial charge on any atom is 0.268 e. The Bertz CT molecular complexity index is 1860. The lowest BCUT2D eigenvalue weighted by atomic mass is 10.1. The monoisotopic (exact) mass is 538 g/mol. The number of fused-ring (bicyclic) bond motifs is 1. The number of allylic oxidation sites excluding steroid dienone is 1. The van der Waals surface area contributed by atoms with Crippen LogP contribution in [0.15, 0.2) is 84.4 Å². The summed E-state index contributed by atoms with van der Waals surface area (Å²) < 4.78 is 35.6. The number of nitrogens with one attached hydrogen (secondary N) is 1. The number of pyridine rings is 3. The molecule has 40 heavy (non-hydrogen) atoms. The Morgan fingerprint density at radius 3 is 2.42 bits per heavy atom. The summed E-state index contributed by atoms with van der Waals surface area (Å²) in [5.41, 5.74) is 3.58. The van der Waals surface area contributed by atoms with Gasteiger partial charge in [0.25, 0.3) is 11.5 Å². The number of halogens is 2. The number of carbonyl (C=O) groups excluding carboxylic acids is 1. The molecular weight excluding hydrogens is 514 g/mol. The van der Waals surface area contributed by atoms with Crippen LogP contribution >= 0.6 is 0 Å². The Hall–Kier alpha value is -5.18. The first-order valence-electron chi connectivity index (χ1n) is 12.3. The van der Waals surface area contributed by atoms with Crippen molar-refractivity contribution in [3.63, 3.8) is 0 Å². The van der Waals surface area contributed by atoms with E-state index in [4.69, 9.17) is 4.74 Å². The van der Waals surface area contributed by atoms with Gasteiger partial charge in [-0.15, -0.1) is 0 Å². The van der Waals surface area contributed by atoms with E-state index in [1.807, 2.05) is 13.0 Å². The molecule has 0 unspecified atom stereocenters. The zero-order valence-electron chi connectivity index (χ0n) is 22.0. The third-order valence-corrected chi connectivity index (χ3v) is 6.34. The molecule has 0 spiro atoms. The largest absolute Gasteiger partial charge is 0.452 e. The summed E-state index contributed by atoms with van der Waals surface area (Å²) in [6.07, 6.45) is 3.18. The van der Waals surface area contributed by atoms with E-state index < -0.39 is 23.1 Å². The molecule has 0 saturated carbocycles. The Labute approximate surface area is 228 Å². The Kier molecular flexibility index (Phi) is 6.96. The maximum atomic E-state index is 15.1. The van der Waals surface area contributed by atoms with Gasteiger partial charge in [-0.2, -0.15) is 0 Å². The van der Waals surface area contributed by atoms with Crippen LogP contribution in [0.25, 0.3) is 22.3 Å². The number of ether oxygens (including phenoxy) is 1. The molecule has 0 aliphatic carbocycles. The Morgan fingerprint density at radius 1 is 0.975 bits per heavy atom. The SMILES string of the molecule is C=C(C)c1cnc2c(Oc3ccc(NC(=O)c4c(C)cc(C)n(-c5ccc(F)cc5)c4=O)cc3F)ccnc2c1. The van der Waals surface area contributed by atoms with Crippen LogP contribution < -0.4 is 15.6 Å². The summed E-state index contributed by atoms with van der Waals surface area (Å²) in [6.45, 7) is 9.13. The van der Waals surface area contributed by atoms with Crippen molar-refractivity contribution >= 4 is 28.2 Å². The summed E-state index contributed by atoms with van der Waals surface area (Å²) in [7, 11) is 0. The fourth-order valence-electron chi connectivity index (χ4n) is 4.37. The van der Waals surface area contributed by atoms with E-state index in [2.05, 4.69) is 21.9 Å². The van der Waals surface area contributed by atoms with Crippen molar-refractivity contribution in [1.29, 1.82) is 0 Å². The number of amides is 1. The minimum atomic E-state index is -0.731.